The predicted molar refractivity (Wildman–Crippen MR) is 122 cm³/mol. The van der Waals surface area contributed by atoms with Crippen molar-refractivity contribution in [3.05, 3.63) is 58.7 Å². The maximum absolute atomic E-state index is 14.5. The molecule has 0 amide bonds. The number of hydrogen-bond acceptors (Lipinski definition) is 5. The van der Waals surface area contributed by atoms with Crippen molar-refractivity contribution >= 4 is 18.0 Å². The zero-order chi connectivity index (χ0) is 23.9. The van der Waals surface area contributed by atoms with Gasteiger partial charge in [-0.05, 0) is 55.7 Å². The van der Waals surface area contributed by atoms with Crippen LogP contribution in [0, 0.1) is 10.6 Å². The molecule has 2 aliphatic rings. The highest BCUT2D eigenvalue weighted by atomic mass is 32.1. The summed E-state index contributed by atoms with van der Waals surface area (Å²) in [4.78, 5) is 8.23. The Morgan fingerprint density at radius 2 is 1.79 bits per heavy atom. The summed E-state index contributed by atoms with van der Waals surface area (Å²) in [6.45, 7) is 3.24. The van der Waals surface area contributed by atoms with Crippen LogP contribution in [0.2, 0.25) is 0 Å². The minimum atomic E-state index is -4.40. The van der Waals surface area contributed by atoms with Gasteiger partial charge in [-0.15, -0.1) is 0 Å². The van der Waals surface area contributed by atoms with Crippen molar-refractivity contribution in [3.63, 3.8) is 0 Å². The number of alkyl halides is 3. The van der Waals surface area contributed by atoms with Gasteiger partial charge in [-0.25, -0.2) is 14.1 Å². The van der Waals surface area contributed by atoms with Gasteiger partial charge in [0.2, 0.25) is 0 Å². The lowest BCUT2D eigenvalue weighted by molar-refractivity contribution is -0.137. The van der Waals surface area contributed by atoms with Crippen molar-refractivity contribution in [2.45, 2.75) is 38.1 Å². The number of aromatic nitrogens is 4. The van der Waals surface area contributed by atoms with E-state index in [2.05, 4.69) is 9.88 Å². The lowest BCUT2D eigenvalue weighted by Gasteiger charge is -2.23. The fourth-order valence-corrected chi connectivity index (χ4v) is 4.61. The normalized spacial score (nSPS) is 17.7. The van der Waals surface area contributed by atoms with Crippen LogP contribution in [0.15, 0.2) is 42.6 Å². The molecule has 1 aliphatic carbocycles. The van der Waals surface area contributed by atoms with E-state index in [-0.39, 0.29) is 11.9 Å². The van der Waals surface area contributed by atoms with Gasteiger partial charge in [0.25, 0.3) is 0 Å². The number of halogens is 4. The second-order valence-corrected chi connectivity index (χ2v) is 9.05. The maximum Gasteiger partial charge on any atom is 0.417 e. The van der Waals surface area contributed by atoms with Crippen molar-refractivity contribution in [1.82, 2.24) is 24.2 Å². The van der Waals surface area contributed by atoms with Crippen LogP contribution in [0.3, 0.4) is 0 Å². The third-order valence-electron chi connectivity index (χ3n) is 6.22. The first kappa shape index (κ1) is 23.0. The summed E-state index contributed by atoms with van der Waals surface area (Å²) in [5.41, 5.74) is -0.311. The molecule has 1 saturated carbocycles. The van der Waals surface area contributed by atoms with E-state index >= 15 is 0 Å². The van der Waals surface area contributed by atoms with Crippen LogP contribution in [0.25, 0.3) is 11.4 Å². The Kier molecular flexibility index (Phi) is 6.15. The fourth-order valence-electron chi connectivity index (χ4n) is 4.27. The topological polar surface area (TPSA) is 42.1 Å². The van der Waals surface area contributed by atoms with E-state index in [1.807, 2.05) is 9.47 Å². The van der Waals surface area contributed by atoms with Gasteiger partial charge in [0.1, 0.15) is 11.6 Å². The number of pyridine rings is 1. The summed E-state index contributed by atoms with van der Waals surface area (Å²) in [7, 11) is 0. The molecule has 1 aliphatic heterocycles. The number of anilines is 1. The summed E-state index contributed by atoms with van der Waals surface area (Å²) in [6, 6.07) is 9.33. The minimum Gasteiger partial charge on any atom is -0.355 e. The predicted octanol–water partition coefficient (Wildman–Crippen LogP) is 5.14. The second-order valence-electron chi connectivity index (χ2n) is 8.69. The number of nitrogens with zero attached hydrogens (tertiary/aromatic N) is 6. The molecule has 6 nitrogen and oxygen atoms in total. The zero-order valence-corrected chi connectivity index (χ0v) is 19.2. The Hall–Kier alpha value is -2.79. The van der Waals surface area contributed by atoms with Crippen molar-refractivity contribution in [1.29, 1.82) is 0 Å². The fraction of sp³-hybridized carbons (Fsp3) is 0.435. The molecule has 11 heteroatoms. The first-order valence-electron chi connectivity index (χ1n) is 11.3. The molecule has 0 spiro atoms. The molecule has 0 N–H and O–H groups in total. The van der Waals surface area contributed by atoms with Crippen LogP contribution in [-0.2, 0) is 12.8 Å². The molecule has 34 heavy (non-hydrogen) atoms. The van der Waals surface area contributed by atoms with Crippen molar-refractivity contribution < 1.29 is 17.6 Å². The molecule has 0 bridgehead atoms. The van der Waals surface area contributed by atoms with E-state index in [1.165, 1.54) is 12.1 Å². The van der Waals surface area contributed by atoms with Gasteiger partial charge in [0.05, 0.1) is 17.8 Å². The molecule has 0 unspecified atom stereocenters. The molecule has 180 valence electrons. The maximum atomic E-state index is 14.5. The largest absolute Gasteiger partial charge is 0.417 e. The monoisotopic (exact) mass is 492 g/mol. The van der Waals surface area contributed by atoms with Crippen LogP contribution in [-0.4, -0.2) is 50.4 Å². The average molecular weight is 493 g/mol. The second kappa shape index (κ2) is 9.10. The third kappa shape index (κ3) is 4.72. The Morgan fingerprint density at radius 1 is 1.00 bits per heavy atom. The smallest absolute Gasteiger partial charge is 0.355 e. The van der Waals surface area contributed by atoms with Crippen LogP contribution in [0.1, 0.15) is 30.9 Å². The van der Waals surface area contributed by atoms with Gasteiger partial charge >= 0.3 is 6.18 Å². The molecular weight excluding hydrogens is 468 g/mol. The molecule has 2 aromatic heterocycles. The first-order valence-corrected chi connectivity index (χ1v) is 11.7. The Morgan fingerprint density at radius 3 is 2.47 bits per heavy atom. The SMILES string of the molecule is Fc1ccccc1-c1nn(CN2CCCN(c3ccc(C(F)(F)F)cn3)CC2)c(=S)n1C1CC1. The van der Waals surface area contributed by atoms with E-state index < -0.39 is 11.7 Å². The highest BCUT2D eigenvalue weighted by Crippen LogP contribution is 2.39. The molecule has 1 aromatic carbocycles. The minimum absolute atomic E-state index is 0.251. The van der Waals surface area contributed by atoms with Crippen LogP contribution < -0.4 is 4.90 Å². The van der Waals surface area contributed by atoms with Gasteiger partial charge < -0.3 is 4.90 Å². The highest BCUT2D eigenvalue weighted by molar-refractivity contribution is 7.71. The molecule has 1 saturated heterocycles. The van der Waals surface area contributed by atoms with Crippen LogP contribution >= 0.6 is 12.2 Å². The molecule has 0 radical (unpaired) electrons. The zero-order valence-electron chi connectivity index (χ0n) is 18.4. The van der Waals surface area contributed by atoms with Gasteiger partial charge in [0, 0.05) is 38.4 Å². The number of hydrogen-bond donors (Lipinski definition) is 0. The lowest BCUT2D eigenvalue weighted by Crippen LogP contribution is -2.32. The molecule has 5 rings (SSSR count). The van der Waals surface area contributed by atoms with Gasteiger partial charge in [0.15, 0.2) is 10.6 Å². The molecule has 3 aromatic rings. The van der Waals surface area contributed by atoms with E-state index in [0.29, 0.717) is 48.3 Å². The summed E-state index contributed by atoms with van der Waals surface area (Å²) < 4.78 is 57.3. The number of benzene rings is 1. The standard InChI is InChI=1S/C23H24F4N6S/c24-19-5-2-1-4-18(19)21-29-32(22(34)33(21)17-7-8-17)15-30-10-3-11-31(13-12-30)20-9-6-16(14-28-20)23(25,26)27/h1-2,4-6,9,14,17H,3,7-8,10-13,15H2. The highest BCUT2D eigenvalue weighted by Gasteiger charge is 2.32. The molecule has 3 heterocycles. The quantitative estimate of drug-likeness (QED) is 0.365. The van der Waals surface area contributed by atoms with Crippen molar-refractivity contribution in [2.75, 3.05) is 31.1 Å². The summed E-state index contributed by atoms with van der Waals surface area (Å²) >= 11 is 5.72. The van der Waals surface area contributed by atoms with Gasteiger partial charge in [-0.1, -0.05) is 12.1 Å². The van der Waals surface area contributed by atoms with Gasteiger partial charge in [-0.2, -0.15) is 18.3 Å². The van der Waals surface area contributed by atoms with Crippen LogP contribution in [0.4, 0.5) is 23.4 Å². The van der Waals surface area contributed by atoms with E-state index in [4.69, 9.17) is 17.3 Å². The van der Waals surface area contributed by atoms with Crippen molar-refractivity contribution in [3.8, 4) is 11.4 Å². The van der Waals surface area contributed by atoms with E-state index in [1.54, 1.807) is 22.9 Å². The Labute approximate surface area is 199 Å². The van der Waals surface area contributed by atoms with E-state index in [9.17, 15) is 17.6 Å². The van der Waals surface area contributed by atoms with Crippen LogP contribution in [0.5, 0.6) is 0 Å². The molecule has 0 atom stereocenters. The molecule has 2 fully saturated rings. The van der Waals surface area contributed by atoms with E-state index in [0.717, 1.165) is 38.1 Å². The Bertz CT molecular complexity index is 1220. The average Bonchev–Trinajstić information content (AvgIpc) is 3.62. The Balaban J connectivity index is 1.32. The summed E-state index contributed by atoms with van der Waals surface area (Å²) in [5, 5.41) is 4.70. The third-order valence-corrected chi connectivity index (χ3v) is 6.63. The first-order chi connectivity index (χ1) is 16.3. The number of rotatable bonds is 5. The molecular formula is C23H24F4N6S. The summed E-state index contributed by atoms with van der Waals surface area (Å²) in [5.74, 6) is 0.758. The summed E-state index contributed by atoms with van der Waals surface area (Å²) in [6.07, 6.45) is -0.697. The van der Waals surface area contributed by atoms with Crippen molar-refractivity contribution in [2.24, 2.45) is 0 Å². The lowest BCUT2D eigenvalue weighted by atomic mass is 10.2. The van der Waals surface area contributed by atoms with Gasteiger partial charge in [-0.3, -0.25) is 9.47 Å².